The van der Waals surface area contributed by atoms with Gasteiger partial charge in [-0.3, -0.25) is 19.5 Å². The molecule has 27 heavy (non-hydrogen) atoms. The first-order valence-electron chi connectivity index (χ1n) is 9.65. The number of carbonyl (C=O) groups is 2. The largest absolute Gasteiger partial charge is 0.334 e. The first kappa shape index (κ1) is 17.9. The van der Waals surface area contributed by atoms with Crippen LogP contribution in [0.1, 0.15) is 46.2 Å². The van der Waals surface area contributed by atoms with Crippen molar-refractivity contribution in [1.29, 1.82) is 0 Å². The van der Waals surface area contributed by atoms with Crippen LogP contribution in [0, 0.1) is 5.92 Å². The smallest absolute Gasteiger partial charge is 0.254 e. The van der Waals surface area contributed by atoms with Crippen molar-refractivity contribution in [3.8, 4) is 0 Å². The minimum absolute atomic E-state index is 0.00446. The third kappa shape index (κ3) is 3.78. The zero-order valence-corrected chi connectivity index (χ0v) is 15.7. The molecule has 0 radical (unpaired) electrons. The fraction of sp³-hybridized carbons (Fsp3) is 0.409. The number of carbonyl (C=O) groups excluding carboxylic acids is 2. The molecule has 3 aliphatic rings. The summed E-state index contributed by atoms with van der Waals surface area (Å²) >= 11 is 0. The number of pyridine rings is 1. The predicted molar refractivity (Wildman–Crippen MR) is 104 cm³/mol. The van der Waals surface area contributed by atoms with Crippen molar-refractivity contribution in [2.75, 3.05) is 19.6 Å². The average Bonchev–Trinajstić information content (AvgIpc) is 2.98. The molecule has 1 amide bonds. The maximum atomic E-state index is 13.3. The Morgan fingerprint density at radius 3 is 2.52 bits per heavy atom. The second-order valence-electron chi connectivity index (χ2n) is 7.67. The molecule has 0 unspecified atom stereocenters. The molecule has 0 N–H and O–H groups in total. The standard InChI is InChI=1S/C22H25N3O2/c1-16(26)20-7-2-3-8-21(20)22(27)25-13-17-9-10-19(25)15-24(12-17)14-18-6-4-5-11-23-18/h2-8,11,17,19H,9-10,12-15H2,1H3/t17-,19+/m0/s1. The van der Waals surface area contributed by atoms with Crippen LogP contribution in [0.2, 0.25) is 0 Å². The SMILES string of the molecule is CC(=O)c1ccccc1C(=O)N1C[C@H]2CC[C@@H]1CN(Cc1ccccn1)C2. The topological polar surface area (TPSA) is 53.5 Å². The quantitative estimate of drug-likeness (QED) is 0.784. The number of nitrogens with zero attached hydrogens (tertiary/aromatic N) is 3. The van der Waals surface area contributed by atoms with Gasteiger partial charge < -0.3 is 4.90 Å². The molecule has 2 bridgehead atoms. The van der Waals surface area contributed by atoms with Crippen molar-refractivity contribution in [3.63, 3.8) is 0 Å². The van der Waals surface area contributed by atoms with Gasteiger partial charge in [-0.25, -0.2) is 0 Å². The van der Waals surface area contributed by atoms with Gasteiger partial charge in [0.25, 0.3) is 5.91 Å². The van der Waals surface area contributed by atoms with E-state index in [1.54, 1.807) is 12.1 Å². The third-order valence-corrected chi connectivity index (χ3v) is 5.70. The molecule has 3 fully saturated rings. The van der Waals surface area contributed by atoms with E-state index < -0.39 is 0 Å². The van der Waals surface area contributed by atoms with E-state index in [2.05, 4.69) is 16.0 Å². The van der Waals surface area contributed by atoms with Crippen LogP contribution in [-0.2, 0) is 6.54 Å². The number of Topliss-reactive ketones (excluding diaryl/α,β-unsaturated/α-hetero) is 1. The highest BCUT2D eigenvalue weighted by Crippen LogP contribution is 2.30. The number of amides is 1. The Balaban J connectivity index is 1.54. The van der Waals surface area contributed by atoms with Crippen LogP contribution in [0.3, 0.4) is 0 Å². The Morgan fingerprint density at radius 1 is 1.00 bits per heavy atom. The van der Waals surface area contributed by atoms with E-state index in [-0.39, 0.29) is 17.7 Å². The van der Waals surface area contributed by atoms with Crippen molar-refractivity contribution < 1.29 is 9.59 Å². The molecule has 0 aliphatic carbocycles. The zero-order valence-electron chi connectivity index (χ0n) is 15.7. The molecular weight excluding hydrogens is 338 g/mol. The first-order chi connectivity index (χ1) is 13.1. The van der Waals surface area contributed by atoms with Crippen LogP contribution >= 0.6 is 0 Å². The number of fused-ring (bicyclic) bond motifs is 4. The van der Waals surface area contributed by atoms with Gasteiger partial charge in [-0.05, 0) is 43.9 Å². The Bertz CT molecular complexity index is 836. The third-order valence-electron chi connectivity index (χ3n) is 5.70. The van der Waals surface area contributed by atoms with E-state index in [1.807, 2.05) is 35.4 Å². The summed E-state index contributed by atoms with van der Waals surface area (Å²) in [4.78, 5) is 34.1. The number of piperidine rings is 1. The van der Waals surface area contributed by atoms with Crippen molar-refractivity contribution in [1.82, 2.24) is 14.8 Å². The van der Waals surface area contributed by atoms with E-state index in [4.69, 9.17) is 0 Å². The van der Waals surface area contributed by atoms with Gasteiger partial charge in [0.1, 0.15) is 0 Å². The molecule has 1 aromatic heterocycles. The molecule has 5 nitrogen and oxygen atoms in total. The van der Waals surface area contributed by atoms with Crippen molar-refractivity contribution >= 4 is 11.7 Å². The number of aromatic nitrogens is 1. The fourth-order valence-electron chi connectivity index (χ4n) is 4.41. The Kier molecular flexibility index (Phi) is 5.03. The number of benzene rings is 1. The molecule has 5 rings (SSSR count). The van der Waals surface area contributed by atoms with Gasteiger partial charge in [0.05, 0.1) is 11.3 Å². The molecule has 5 heteroatoms. The summed E-state index contributed by atoms with van der Waals surface area (Å²) < 4.78 is 0. The number of rotatable bonds is 4. The fourth-order valence-corrected chi connectivity index (χ4v) is 4.41. The molecule has 1 aromatic carbocycles. The monoisotopic (exact) mass is 363 g/mol. The summed E-state index contributed by atoms with van der Waals surface area (Å²) in [5, 5.41) is 0. The molecule has 0 saturated carbocycles. The van der Waals surface area contributed by atoms with Gasteiger partial charge in [0, 0.05) is 44.0 Å². The summed E-state index contributed by atoms with van der Waals surface area (Å²) in [6.45, 7) is 4.97. The van der Waals surface area contributed by atoms with Gasteiger partial charge in [0.15, 0.2) is 5.78 Å². The summed E-state index contributed by atoms with van der Waals surface area (Å²) in [5.41, 5.74) is 2.13. The van der Waals surface area contributed by atoms with E-state index in [1.165, 1.54) is 6.92 Å². The minimum Gasteiger partial charge on any atom is -0.334 e. The number of hydrogen-bond donors (Lipinski definition) is 0. The highest BCUT2D eigenvalue weighted by Gasteiger charge is 2.38. The van der Waals surface area contributed by atoms with Crippen LogP contribution in [-0.4, -0.2) is 52.2 Å². The molecule has 3 saturated heterocycles. The van der Waals surface area contributed by atoms with Gasteiger partial charge in [0.2, 0.25) is 0 Å². The highest BCUT2D eigenvalue weighted by molar-refractivity contribution is 6.07. The van der Waals surface area contributed by atoms with Crippen molar-refractivity contribution in [2.24, 2.45) is 5.92 Å². The van der Waals surface area contributed by atoms with Crippen LogP contribution in [0.15, 0.2) is 48.7 Å². The maximum absolute atomic E-state index is 13.3. The lowest BCUT2D eigenvalue weighted by Crippen LogP contribution is -2.47. The van der Waals surface area contributed by atoms with E-state index >= 15 is 0 Å². The Hall–Kier alpha value is -2.53. The molecular formula is C22H25N3O2. The molecule has 3 aliphatic heterocycles. The number of ketones is 1. The van der Waals surface area contributed by atoms with Gasteiger partial charge in [-0.15, -0.1) is 0 Å². The Morgan fingerprint density at radius 2 is 1.78 bits per heavy atom. The van der Waals surface area contributed by atoms with Gasteiger partial charge in [-0.2, -0.15) is 0 Å². The van der Waals surface area contributed by atoms with Gasteiger partial charge >= 0.3 is 0 Å². The summed E-state index contributed by atoms with van der Waals surface area (Å²) in [6, 6.07) is 13.4. The first-order valence-corrected chi connectivity index (χ1v) is 9.65. The average molecular weight is 363 g/mol. The second kappa shape index (κ2) is 7.61. The van der Waals surface area contributed by atoms with Crippen LogP contribution in [0.5, 0.6) is 0 Å². The Labute approximate surface area is 160 Å². The van der Waals surface area contributed by atoms with E-state index in [0.29, 0.717) is 17.0 Å². The number of hydrogen-bond acceptors (Lipinski definition) is 4. The molecule has 0 spiro atoms. The zero-order chi connectivity index (χ0) is 18.8. The van der Waals surface area contributed by atoms with Crippen LogP contribution in [0.25, 0.3) is 0 Å². The van der Waals surface area contributed by atoms with Gasteiger partial charge in [-0.1, -0.05) is 24.3 Å². The summed E-state index contributed by atoms with van der Waals surface area (Å²) in [7, 11) is 0. The highest BCUT2D eigenvalue weighted by atomic mass is 16.2. The minimum atomic E-state index is -0.0595. The maximum Gasteiger partial charge on any atom is 0.254 e. The second-order valence-corrected chi connectivity index (χ2v) is 7.67. The van der Waals surface area contributed by atoms with Crippen molar-refractivity contribution in [3.05, 3.63) is 65.5 Å². The summed E-state index contributed by atoms with van der Waals surface area (Å²) in [5.74, 6) is 0.409. The molecule has 2 atom stereocenters. The van der Waals surface area contributed by atoms with Crippen LogP contribution < -0.4 is 0 Å². The van der Waals surface area contributed by atoms with E-state index in [9.17, 15) is 9.59 Å². The molecule has 4 heterocycles. The summed E-state index contributed by atoms with van der Waals surface area (Å²) in [6.07, 6.45) is 4.01. The molecule has 140 valence electrons. The van der Waals surface area contributed by atoms with E-state index in [0.717, 1.165) is 44.7 Å². The van der Waals surface area contributed by atoms with Crippen LogP contribution in [0.4, 0.5) is 0 Å². The lowest BCUT2D eigenvalue weighted by atomic mass is 9.93. The predicted octanol–water partition coefficient (Wildman–Crippen LogP) is 3.02. The molecule has 2 aromatic rings. The normalized spacial score (nSPS) is 22.5. The van der Waals surface area contributed by atoms with Crippen molar-refractivity contribution in [2.45, 2.75) is 32.4 Å². The lowest BCUT2D eigenvalue weighted by Gasteiger charge is -2.36. The lowest BCUT2D eigenvalue weighted by molar-refractivity contribution is 0.0582.